The summed E-state index contributed by atoms with van der Waals surface area (Å²) >= 11 is 1.61. The normalized spacial score (nSPS) is 27.2. The summed E-state index contributed by atoms with van der Waals surface area (Å²) in [5, 5.41) is 0.953. The van der Waals surface area contributed by atoms with Crippen LogP contribution in [0, 0.1) is 5.92 Å². The zero-order valence-corrected chi connectivity index (χ0v) is 14.6. The first-order chi connectivity index (χ1) is 11.0. The molecule has 2 heterocycles. The highest BCUT2D eigenvalue weighted by molar-refractivity contribution is 8.03. The minimum atomic E-state index is -0.396. The highest BCUT2D eigenvalue weighted by atomic mass is 32.2. The van der Waals surface area contributed by atoms with Crippen LogP contribution in [0.4, 0.5) is 0 Å². The second-order valence-electron chi connectivity index (χ2n) is 6.62. The molecule has 1 saturated heterocycles. The Morgan fingerprint density at radius 3 is 2.61 bits per heavy atom. The maximum atomic E-state index is 12.6. The third-order valence-electron chi connectivity index (χ3n) is 4.94. The second-order valence-corrected chi connectivity index (χ2v) is 7.58. The van der Waals surface area contributed by atoms with Gasteiger partial charge in [0, 0.05) is 29.5 Å². The van der Waals surface area contributed by atoms with Crippen molar-refractivity contribution in [3.63, 3.8) is 0 Å². The smallest absolute Gasteiger partial charge is 0.337 e. The molecule has 2 fully saturated rings. The first-order valence-electron chi connectivity index (χ1n) is 8.34. The summed E-state index contributed by atoms with van der Waals surface area (Å²) in [7, 11) is 0. The average molecular weight is 336 g/mol. The Kier molecular flexibility index (Phi) is 4.71. The Morgan fingerprint density at radius 1 is 1.26 bits per heavy atom. The van der Waals surface area contributed by atoms with E-state index < -0.39 is 5.91 Å². The van der Waals surface area contributed by atoms with Crippen molar-refractivity contribution in [2.75, 3.05) is 12.3 Å². The number of esters is 1. The number of ether oxygens (including phenoxy) is 1. The fourth-order valence-electron chi connectivity index (χ4n) is 3.55. The molecule has 1 saturated carbocycles. The van der Waals surface area contributed by atoms with Gasteiger partial charge < -0.3 is 15.4 Å². The number of thioether (sulfide) groups is 1. The van der Waals surface area contributed by atoms with E-state index in [1.807, 2.05) is 6.92 Å². The minimum absolute atomic E-state index is 0.0689. The molecule has 5 nitrogen and oxygen atoms in total. The quantitative estimate of drug-likeness (QED) is 0.633. The van der Waals surface area contributed by atoms with Gasteiger partial charge in [0.05, 0.1) is 10.6 Å². The first kappa shape index (κ1) is 16.4. The van der Waals surface area contributed by atoms with Crippen LogP contribution >= 0.6 is 11.8 Å². The number of carbonyl (C=O) groups is 2. The van der Waals surface area contributed by atoms with Gasteiger partial charge in [-0.1, -0.05) is 13.3 Å². The Hall–Kier alpha value is -1.43. The molecular weight excluding hydrogens is 312 g/mol. The predicted octanol–water partition coefficient (Wildman–Crippen LogP) is 2.53. The van der Waals surface area contributed by atoms with E-state index >= 15 is 0 Å². The van der Waals surface area contributed by atoms with Crippen molar-refractivity contribution in [1.82, 2.24) is 4.90 Å². The molecule has 3 rings (SSSR count). The van der Waals surface area contributed by atoms with Crippen LogP contribution in [0.25, 0.3) is 0 Å². The van der Waals surface area contributed by atoms with E-state index in [0.717, 1.165) is 48.5 Å². The lowest BCUT2D eigenvalue weighted by Gasteiger charge is -2.22. The van der Waals surface area contributed by atoms with Gasteiger partial charge in [-0.3, -0.25) is 4.79 Å². The lowest BCUT2D eigenvalue weighted by atomic mass is 9.97. The number of hydrogen-bond donors (Lipinski definition) is 1. The van der Waals surface area contributed by atoms with Crippen molar-refractivity contribution in [3.05, 3.63) is 21.9 Å². The van der Waals surface area contributed by atoms with Crippen LogP contribution in [0.3, 0.4) is 0 Å². The number of rotatable bonds is 3. The van der Waals surface area contributed by atoms with Crippen LogP contribution in [0.2, 0.25) is 0 Å². The maximum Gasteiger partial charge on any atom is 0.337 e. The zero-order valence-electron chi connectivity index (χ0n) is 13.8. The number of primary amides is 1. The van der Waals surface area contributed by atoms with Gasteiger partial charge in [-0.25, -0.2) is 4.79 Å². The SMILES string of the molecule is CC(C(N)=O)=C1CSC2=C(C(=O)OC3CCCCC3)C(C)CN12. The molecule has 1 unspecified atom stereocenters. The third-order valence-corrected chi connectivity index (χ3v) is 6.08. The largest absolute Gasteiger partial charge is 0.459 e. The number of nitrogens with zero attached hydrogens (tertiary/aromatic N) is 1. The summed E-state index contributed by atoms with van der Waals surface area (Å²) in [6.07, 6.45) is 5.55. The van der Waals surface area contributed by atoms with Gasteiger partial charge in [0.15, 0.2) is 0 Å². The standard InChI is InChI=1S/C17H24N2O3S/c1-10-8-19-13(11(2)15(18)20)9-23-16(19)14(10)17(21)22-12-6-4-3-5-7-12/h10,12H,3-9H2,1-2H3,(H2,18,20). The summed E-state index contributed by atoms with van der Waals surface area (Å²) in [5.41, 5.74) is 7.70. The van der Waals surface area contributed by atoms with Crippen LogP contribution in [0.1, 0.15) is 46.0 Å². The number of carbonyl (C=O) groups excluding carboxylic acids is 2. The monoisotopic (exact) mass is 336 g/mol. The molecule has 6 heteroatoms. The van der Waals surface area contributed by atoms with Crippen LogP contribution < -0.4 is 5.73 Å². The molecule has 2 N–H and O–H groups in total. The Morgan fingerprint density at radius 2 is 1.96 bits per heavy atom. The Balaban J connectivity index is 1.80. The Labute approximate surface area is 141 Å². The second kappa shape index (κ2) is 6.59. The lowest BCUT2D eigenvalue weighted by Crippen LogP contribution is -2.24. The minimum Gasteiger partial charge on any atom is -0.459 e. The maximum absolute atomic E-state index is 12.6. The molecule has 0 bridgehead atoms. The molecule has 23 heavy (non-hydrogen) atoms. The number of nitrogens with two attached hydrogens (primary N) is 1. The van der Waals surface area contributed by atoms with Crippen molar-refractivity contribution >= 4 is 23.6 Å². The van der Waals surface area contributed by atoms with Gasteiger partial charge in [-0.15, -0.1) is 11.8 Å². The molecule has 0 aromatic heterocycles. The summed E-state index contributed by atoms with van der Waals surface area (Å²) in [5.74, 6) is 0.238. The summed E-state index contributed by atoms with van der Waals surface area (Å²) in [6.45, 7) is 4.52. The molecule has 1 aliphatic carbocycles. The Bertz CT molecular complexity index is 591. The van der Waals surface area contributed by atoms with Crippen LogP contribution in [-0.4, -0.2) is 35.2 Å². The fourth-order valence-corrected chi connectivity index (χ4v) is 4.97. The number of fused-ring (bicyclic) bond motifs is 1. The zero-order chi connectivity index (χ0) is 16.6. The van der Waals surface area contributed by atoms with Crippen molar-refractivity contribution in [3.8, 4) is 0 Å². The summed E-state index contributed by atoms with van der Waals surface area (Å²) < 4.78 is 5.75. The van der Waals surface area contributed by atoms with Crippen LogP contribution in [0.5, 0.6) is 0 Å². The van der Waals surface area contributed by atoms with E-state index in [-0.39, 0.29) is 18.0 Å². The van der Waals surface area contributed by atoms with E-state index in [9.17, 15) is 9.59 Å². The van der Waals surface area contributed by atoms with Crippen LogP contribution in [-0.2, 0) is 14.3 Å². The van der Waals surface area contributed by atoms with Crippen molar-refractivity contribution in [1.29, 1.82) is 0 Å². The van der Waals surface area contributed by atoms with Gasteiger partial charge in [-0.05, 0) is 32.6 Å². The molecule has 0 aromatic carbocycles. The van der Waals surface area contributed by atoms with Gasteiger partial charge >= 0.3 is 5.97 Å². The molecule has 1 amide bonds. The van der Waals surface area contributed by atoms with Gasteiger partial charge in [-0.2, -0.15) is 0 Å². The molecule has 2 aliphatic heterocycles. The van der Waals surface area contributed by atoms with E-state index in [2.05, 4.69) is 4.90 Å². The highest BCUT2D eigenvalue weighted by Crippen LogP contribution is 2.46. The first-order valence-corrected chi connectivity index (χ1v) is 9.32. The number of amides is 1. The van der Waals surface area contributed by atoms with Gasteiger partial charge in [0.25, 0.3) is 0 Å². The third kappa shape index (κ3) is 3.13. The molecule has 0 radical (unpaired) electrons. The van der Waals surface area contributed by atoms with Crippen LogP contribution in [0.15, 0.2) is 21.9 Å². The van der Waals surface area contributed by atoms with Gasteiger partial charge in [0.2, 0.25) is 5.91 Å². The van der Waals surface area contributed by atoms with Gasteiger partial charge in [0.1, 0.15) is 6.10 Å². The fraction of sp³-hybridized carbons (Fsp3) is 0.647. The van der Waals surface area contributed by atoms with Crippen molar-refractivity contribution in [2.45, 2.75) is 52.1 Å². The predicted molar refractivity (Wildman–Crippen MR) is 90.2 cm³/mol. The van der Waals surface area contributed by atoms with E-state index in [0.29, 0.717) is 11.3 Å². The molecule has 3 aliphatic rings. The molecule has 0 aromatic rings. The van der Waals surface area contributed by atoms with E-state index in [1.165, 1.54) is 6.42 Å². The lowest BCUT2D eigenvalue weighted by molar-refractivity contribution is -0.146. The van der Waals surface area contributed by atoms with E-state index in [1.54, 1.807) is 18.7 Å². The molecule has 0 spiro atoms. The summed E-state index contributed by atoms with van der Waals surface area (Å²) in [4.78, 5) is 26.2. The van der Waals surface area contributed by atoms with Crippen molar-refractivity contribution in [2.24, 2.45) is 11.7 Å². The average Bonchev–Trinajstić information content (AvgIpc) is 3.04. The van der Waals surface area contributed by atoms with E-state index in [4.69, 9.17) is 10.5 Å². The molecule has 126 valence electrons. The van der Waals surface area contributed by atoms with Crippen molar-refractivity contribution < 1.29 is 14.3 Å². The number of hydrogen-bond acceptors (Lipinski definition) is 5. The molecule has 1 atom stereocenters. The molecular formula is C17H24N2O3S. The summed E-state index contributed by atoms with van der Waals surface area (Å²) in [6, 6.07) is 0. The topological polar surface area (TPSA) is 72.6 Å². The highest BCUT2D eigenvalue weighted by Gasteiger charge is 2.40.